The van der Waals surface area contributed by atoms with Crippen LogP contribution in [0.15, 0.2) is 28.7 Å². The van der Waals surface area contributed by atoms with Crippen LogP contribution >= 0.6 is 15.9 Å². The molecule has 0 atom stereocenters. The van der Waals surface area contributed by atoms with Crippen molar-refractivity contribution in [3.63, 3.8) is 0 Å². The molecule has 1 aromatic carbocycles. The summed E-state index contributed by atoms with van der Waals surface area (Å²) >= 11 is 3.59. The Bertz CT molecular complexity index is 464. The van der Waals surface area contributed by atoms with Gasteiger partial charge in [-0.25, -0.2) is 0 Å². The van der Waals surface area contributed by atoms with E-state index in [1.807, 2.05) is 18.2 Å². The summed E-state index contributed by atoms with van der Waals surface area (Å²) in [5, 5.41) is 13.6. The van der Waals surface area contributed by atoms with Crippen LogP contribution in [-0.2, 0) is 0 Å². The number of anilines is 1. The Hall–Kier alpha value is -0.540. The van der Waals surface area contributed by atoms with Crippen LogP contribution in [0.5, 0.6) is 0 Å². The molecule has 0 unspecified atom stereocenters. The summed E-state index contributed by atoms with van der Waals surface area (Å²) in [5.74, 6) is 0.767. The lowest BCUT2D eigenvalue weighted by Crippen LogP contribution is -2.47. The zero-order valence-electron chi connectivity index (χ0n) is 13.5. The summed E-state index contributed by atoms with van der Waals surface area (Å²) in [4.78, 5) is 0. The zero-order valence-corrected chi connectivity index (χ0v) is 15.0. The molecule has 3 heteroatoms. The molecule has 1 aromatic rings. The Balaban J connectivity index is 2.07. The number of halogens is 1. The minimum atomic E-state index is -0.163. The van der Waals surface area contributed by atoms with E-state index in [0.29, 0.717) is 5.41 Å². The van der Waals surface area contributed by atoms with Gasteiger partial charge in [-0.1, -0.05) is 39.3 Å². The maximum absolute atomic E-state index is 9.96. The first-order valence-electron chi connectivity index (χ1n) is 8.06. The maximum Gasteiger partial charge on any atom is 0.0661 e. The van der Waals surface area contributed by atoms with Gasteiger partial charge in [0.05, 0.1) is 12.1 Å². The second-order valence-electron chi connectivity index (χ2n) is 7.16. The van der Waals surface area contributed by atoms with Crippen LogP contribution in [0.2, 0.25) is 0 Å². The minimum absolute atomic E-state index is 0.163. The fourth-order valence-corrected chi connectivity index (χ4v) is 3.80. The number of aliphatic hydroxyl groups excluding tert-OH is 1. The van der Waals surface area contributed by atoms with E-state index in [0.717, 1.165) is 28.9 Å². The second kappa shape index (κ2) is 6.70. The van der Waals surface area contributed by atoms with E-state index < -0.39 is 0 Å². The molecule has 2 rings (SSSR count). The van der Waals surface area contributed by atoms with Crippen molar-refractivity contribution < 1.29 is 5.11 Å². The first kappa shape index (κ1) is 16.8. The van der Waals surface area contributed by atoms with E-state index in [-0.39, 0.29) is 12.1 Å². The van der Waals surface area contributed by atoms with E-state index in [2.05, 4.69) is 48.1 Å². The standard InChI is InChI=1S/C18H28BrNO/c1-4-17(2,3)14-9-11-18(13-21,12-10-14)20-16-8-6-5-7-15(16)19/h5-8,14,20-21H,4,9-13H2,1-3H3. The first-order chi connectivity index (χ1) is 9.92. The molecular formula is C18H28BrNO. The largest absolute Gasteiger partial charge is 0.394 e. The third kappa shape index (κ3) is 3.81. The van der Waals surface area contributed by atoms with Crippen LogP contribution in [0.25, 0.3) is 0 Å². The highest BCUT2D eigenvalue weighted by Crippen LogP contribution is 2.44. The van der Waals surface area contributed by atoms with Crippen molar-refractivity contribution in [1.29, 1.82) is 0 Å². The molecule has 0 spiro atoms. The maximum atomic E-state index is 9.96. The number of nitrogens with one attached hydrogen (secondary N) is 1. The lowest BCUT2D eigenvalue weighted by atomic mass is 9.65. The molecule has 0 aliphatic heterocycles. The molecule has 1 saturated carbocycles. The monoisotopic (exact) mass is 353 g/mol. The topological polar surface area (TPSA) is 32.3 Å². The molecule has 21 heavy (non-hydrogen) atoms. The number of benzene rings is 1. The Morgan fingerprint density at radius 3 is 2.43 bits per heavy atom. The van der Waals surface area contributed by atoms with Crippen molar-refractivity contribution in [1.82, 2.24) is 0 Å². The minimum Gasteiger partial charge on any atom is -0.394 e. The van der Waals surface area contributed by atoms with Crippen LogP contribution in [0.1, 0.15) is 52.9 Å². The lowest BCUT2D eigenvalue weighted by molar-refractivity contribution is 0.0920. The van der Waals surface area contributed by atoms with Gasteiger partial charge in [-0.05, 0) is 65.1 Å². The molecule has 0 saturated heterocycles. The summed E-state index contributed by atoms with van der Waals surface area (Å²) in [5.41, 5.74) is 1.33. The van der Waals surface area contributed by atoms with Crippen molar-refractivity contribution in [2.24, 2.45) is 11.3 Å². The second-order valence-corrected chi connectivity index (χ2v) is 8.01. The fraction of sp³-hybridized carbons (Fsp3) is 0.667. The van der Waals surface area contributed by atoms with Gasteiger partial charge in [-0.15, -0.1) is 0 Å². The summed E-state index contributed by atoms with van der Waals surface area (Å²) < 4.78 is 1.06. The van der Waals surface area contributed by atoms with Crippen LogP contribution in [0.3, 0.4) is 0 Å². The van der Waals surface area contributed by atoms with Crippen LogP contribution in [0.4, 0.5) is 5.69 Å². The predicted octanol–water partition coefficient (Wildman–Crippen LogP) is 5.22. The van der Waals surface area contributed by atoms with E-state index in [9.17, 15) is 5.11 Å². The molecule has 1 aliphatic rings. The zero-order chi connectivity index (χ0) is 15.5. The van der Waals surface area contributed by atoms with Gasteiger partial charge >= 0.3 is 0 Å². The van der Waals surface area contributed by atoms with Crippen molar-refractivity contribution in [2.75, 3.05) is 11.9 Å². The molecule has 0 heterocycles. The highest BCUT2D eigenvalue weighted by Gasteiger charge is 2.39. The Morgan fingerprint density at radius 2 is 1.90 bits per heavy atom. The van der Waals surface area contributed by atoms with Crippen LogP contribution in [0, 0.1) is 11.3 Å². The van der Waals surface area contributed by atoms with Gasteiger partial charge in [0.25, 0.3) is 0 Å². The Labute approximate surface area is 137 Å². The van der Waals surface area contributed by atoms with E-state index >= 15 is 0 Å². The third-order valence-electron chi connectivity index (χ3n) is 5.54. The van der Waals surface area contributed by atoms with Gasteiger partial charge in [-0.2, -0.15) is 0 Å². The van der Waals surface area contributed by atoms with Crippen molar-refractivity contribution in [3.8, 4) is 0 Å². The average Bonchev–Trinajstić information content (AvgIpc) is 2.50. The Morgan fingerprint density at radius 1 is 1.29 bits per heavy atom. The highest BCUT2D eigenvalue weighted by molar-refractivity contribution is 9.10. The van der Waals surface area contributed by atoms with E-state index in [4.69, 9.17) is 0 Å². The molecule has 0 bridgehead atoms. The normalized spacial score (nSPS) is 26.6. The van der Waals surface area contributed by atoms with Crippen LogP contribution < -0.4 is 5.32 Å². The number of hydrogen-bond acceptors (Lipinski definition) is 2. The van der Waals surface area contributed by atoms with Gasteiger partial charge in [-0.3, -0.25) is 0 Å². The number of hydrogen-bond donors (Lipinski definition) is 2. The number of aliphatic hydroxyl groups is 1. The van der Waals surface area contributed by atoms with E-state index in [1.54, 1.807) is 0 Å². The Kier molecular flexibility index (Phi) is 5.37. The summed E-state index contributed by atoms with van der Waals surface area (Å²) in [7, 11) is 0. The molecular weight excluding hydrogens is 326 g/mol. The van der Waals surface area contributed by atoms with Gasteiger partial charge in [0.15, 0.2) is 0 Å². The van der Waals surface area contributed by atoms with Crippen molar-refractivity contribution >= 4 is 21.6 Å². The summed E-state index contributed by atoms with van der Waals surface area (Å²) in [6.07, 6.45) is 5.69. The summed E-state index contributed by atoms with van der Waals surface area (Å²) in [6, 6.07) is 8.16. The van der Waals surface area contributed by atoms with Crippen LogP contribution in [-0.4, -0.2) is 17.3 Å². The fourth-order valence-electron chi connectivity index (χ4n) is 3.41. The van der Waals surface area contributed by atoms with Gasteiger partial charge < -0.3 is 10.4 Å². The molecule has 0 radical (unpaired) electrons. The van der Waals surface area contributed by atoms with Crippen molar-refractivity contribution in [3.05, 3.63) is 28.7 Å². The number of para-hydroxylation sites is 1. The molecule has 2 nitrogen and oxygen atoms in total. The molecule has 1 aliphatic carbocycles. The van der Waals surface area contributed by atoms with Gasteiger partial charge in [0, 0.05) is 10.2 Å². The van der Waals surface area contributed by atoms with E-state index in [1.165, 1.54) is 19.3 Å². The third-order valence-corrected chi connectivity index (χ3v) is 6.23. The number of rotatable bonds is 5. The van der Waals surface area contributed by atoms with Crippen molar-refractivity contribution in [2.45, 2.75) is 58.4 Å². The molecule has 1 fully saturated rings. The van der Waals surface area contributed by atoms with Gasteiger partial charge in [0.2, 0.25) is 0 Å². The highest BCUT2D eigenvalue weighted by atomic mass is 79.9. The lowest BCUT2D eigenvalue weighted by Gasteiger charge is -2.45. The quantitative estimate of drug-likeness (QED) is 0.760. The molecule has 0 amide bonds. The molecule has 2 N–H and O–H groups in total. The molecule has 0 aromatic heterocycles. The molecule has 118 valence electrons. The van der Waals surface area contributed by atoms with Gasteiger partial charge in [0.1, 0.15) is 0 Å². The SMILES string of the molecule is CCC(C)(C)C1CCC(CO)(Nc2ccccc2Br)CC1. The average molecular weight is 354 g/mol. The first-order valence-corrected chi connectivity index (χ1v) is 8.85. The predicted molar refractivity (Wildman–Crippen MR) is 93.6 cm³/mol. The summed E-state index contributed by atoms with van der Waals surface area (Å²) in [6.45, 7) is 7.25. The smallest absolute Gasteiger partial charge is 0.0661 e.